The Balaban J connectivity index is 1.17. The predicted molar refractivity (Wildman–Crippen MR) is 147 cm³/mol. The van der Waals surface area contributed by atoms with Crippen molar-refractivity contribution in [1.82, 2.24) is 10.2 Å². The van der Waals surface area contributed by atoms with Crippen molar-refractivity contribution in [2.75, 3.05) is 79.3 Å². The molecule has 1 aromatic carbocycles. The minimum absolute atomic E-state index is 0.0232. The number of imide groups is 2. The van der Waals surface area contributed by atoms with Gasteiger partial charge in [-0.3, -0.25) is 34.2 Å². The number of amides is 4. The van der Waals surface area contributed by atoms with Crippen molar-refractivity contribution in [2.45, 2.75) is 25.3 Å². The summed E-state index contributed by atoms with van der Waals surface area (Å²) in [5.74, 6) is 2.63. The van der Waals surface area contributed by atoms with Crippen LogP contribution in [-0.2, 0) is 42.8 Å². The van der Waals surface area contributed by atoms with Gasteiger partial charge in [-0.25, -0.2) is 0 Å². The van der Waals surface area contributed by atoms with Crippen LogP contribution in [0.15, 0.2) is 18.2 Å². The molecule has 14 nitrogen and oxygen atoms in total. The highest BCUT2D eigenvalue weighted by atomic mass is 16.6. The van der Waals surface area contributed by atoms with Crippen LogP contribution in [0.2, 0.25) is 0 Å². The lowest BCUT2D eigenvalue weighted by atomic mass is 10.0. The van der Waals surface area contributed by atoms with Crippen molar-refractivity contribution in [3.05, 3.63) is 34.9 Å². The molecular formula is C29H36N2O12. The van der Waals surface area contributed by atoms with Crippen molar-refractivity contribution in [3.8, 4) is 11.8 Å². The number of carbonyl (C=O) groups is 5. The molecule has 0 saturated carbocycles. The van der Waals surface area contributed by atoms with E-state index in [0.717, 1.165) is 4.90 Å². The molecule has 4 amide bonds. The molecule has 3 rings (SSSR count). The molecular weight excluding hydrogens is 568 g/mol. The van der Waals surface area contributed by atoms with Gasteiger partial charge < -0.3 is 33.5 Å². The van der Waals surface area contributed by atoms with Gasteiger partial charge in [-0.2, -0.15) is 0 Å². The van der Waals surface area contributed by atoms with Crippen molar-refractivity contribution in [3.63, 3.8) is 0 Å². The maximum Gasteiger partial charge on any atom is 0.305 e. The molecule has 1 unspecified atom stereocenters. The molecule has 14 heteroatoms. The first-order chi connectivity index (χ1) is 20.9. The molecule has 1 atom stereocenters. The third-order valence-corrected chi connectivity index (χ3v) is 6.17. The van der Waals surface area contributed by atoms with Crippen molar-refractivity contribution in [1.29, 1.82) is 0 Å². The molecule has 0 aromatic heterocycles. The Hall–Kier alpha value is -3.71. The normalized spacial score (nSPS) is 16.2. The number of piperidine rings is 1. The number of nitrogens with one attached hydrogen (secondary N) is 1. The molecule has 2 heterocycles. The van der Waals surface area contributed by atoms with Gasteiger partial charge in [0.2, 0.25) is 11.8 Å². The molecule has 1 fully saturated rings. The van der Waals surface area contributed by atoms with Gasteiger partial charge in [0.05, 0.1) is 90.2 Å². The molecule has 2 aliphatic heterocycles. The molecule has 0 aliphatic carbocycles. The van der Waals surface area contributed by atoms with E-state index in [4.69, 9.17) is 33.5 Å². The first-order valence-electron chi connectivity index (χ1n) is 13.9. The highest BCUT2D eigenvalue weighted by molar-refractivity contribution is 6.23. The van der Waals surface area contributed by atoms with Gasteiger partial charge in [0, 0.05) is 12.0 Å². The fourth-order valence-corrected chi connectivity index (χ4v) is 4.07. The minimum Gasteiger partial charge on any atom is -0.481 e. The summed E-state index contributed by atoms with van der Waals surface area (Å²) in [7, 11) is 0. The number of rotatable bonds is 20. The molecule has 2 aliphatic rings. The van der Waals surface area contributed by atoms with Crippen LogP contribution in [0.1, 0.15) is 45.5 Å². The van der Waals surface area contributed by atoms with Gasteiger partial charge in [0.25, 0.3) is 11.8 Å². The average molecular weight is 605 g/mol. The Kier molecular flexibility index (Phi) is 14.7. The number of carboxylic acids is 1. The summed E-state index contributed by atoms with van der Waals surface area (Å²) in [5, 5.41) is 10.7. The summed E-state index contributed by atoms with van der Waals surface area (Å²) in [4.78, 5) is 60.4. The SMILES string of the molecule is O=C(O)CCOCCOCCOCCOCCOCCOCC#Cc1ccc2c(c1)C(=O)N(C1CCC(=O)NC1=O)C2=O. The number of nitrogens with zero attached hydrogens (tertiary/aromatic N) is 1. The van der Waals surface area contributed by atoms with E-state index in [0.29, 0.717) is 71.6 Å². The lowest BCUT2D eigenvalue weighted by molar-refractivity contribution is -0.138. The van der Waals surface area contributed by atoms with Crippen LogP contribution in [0, 0.1) is 11.8 Å². The number of carboxylic acid groups (broad SMARTS) is 1. The monoisotopic (exact) mass is 604 g/mol. The minimum atomic E-state index is -1.01. The zero-order valence-corrected chi connectivity index (χ0v) is 23.8. The lowest BCUT2D eigenvalue weighted by Crippen LogP contribution is -2.54. The smallest absolute Gasteiger partial charge is 0.305 e. The van der Waals surface area contributed by atoms with Gasteiger partial charge in [-0.15, -0.1) is 0 Å². The summed E-state index contributed by atoms with van der Waals surface area (Å²) in [6, 6.07) is 3.64. The van der Waals surface area contributed by atoms with E-state index >= 15 is 0 Å². The Morgan fingerprint density at radius 3 is 1.88 bits per heavy atom. The largest absolute Gasteiger partial charge is 0.481 e. The van der Waals surface area contributed by atoms with Crippen LogP contribution >= 0.6 is 0 Å². The Morgan fingerprint density at radius 2 is 1.33 bits per heavy atom. The van der Waals surface area contributed by atoms with E-state index in [-0.39, 0.29) is 43.6 Å². The fraction of sp³-hybridized carbons (Fsp3) is 0.552. The molecule has 1 saturated heterocycles. The lowest BCUT2D eigenvalue weighted by Gasteiger charge is -2.27. The highest BCUT2D eigenvalue weighted by Crippen LogP contribution is 2.28. The first-order valence-corrected chi connectivity index (χ1v) is 13.9. The molecule has 1 aromatic rings. The number of hydrogen-bond donors (Lipinski definition) is 2. The zero-order chi connectivity index (χ0) is 30.9. The topological polar surface area (TPSA) is 176 Å². The molecule has 2 N–H and O–H groups in total. The van der Waals surface area contributed by atoms with Crippen LogP contribution in [0.5, 0.6) is 0 Å². The summed E-state index contributed by atoms with van der Waals surface area (Å²) in [5.41, 5.74) is 0.899. The predicted octanol–water partition coefficient (Wildman–Crippen LogP) is 0.0136. The molecule has 234 valence electrons. The van der Waals surface area contributed by atoms with Crippen molar-refractivity contribution < 1.29 is 57.5 Å². The first kappa shape index (κ1) is 33.8. The number of carbonyl (C=O) groups excluding carboxylic acids is 4. The quantitative estimate of drug-likeness (QED) is 0.116. The Bertz CT molecular complexity index is 1190. The van der Waals surface area contributed by atoms with E-state index in [1.54, 1.807) is 6.07 Å². The van der Waals surface area contributed by atoms with E-state index < -0.39 is 35.6 Å². The second-order valence-electron chi connectivity index (χ2n) is 9.27. The van der Waals surface area contributed by atoms with E-state index in [1.165, 1.54) is 12.1 Å². The molecule has 0 radical (unpaired) electrons. The van der Waals surface area contributed by atoms with Crippen molar-refractivity contribution in [2.24, 2.45) is 0 Å². The van der Waals surface area contributed by atoms with Crippen LogP contribution in [-0.4, -0.2) is 125 Å². The molecule has 43 heavy (non-hydrogen) atoms. The van der Waals surface area contributed by atoms with E-state index in [1.807, 2.05) is 0 Å². The van der Waals surface area contributed by atoms with E-state index in [9.17, 15) is 24.0 Å². The third kappa shape index (κ3) is 11.5. The van der Waals surface area contributed by atoms with Gasteiger partial charge in [-0.1, -0.05) is 11.8 Å². The number of aliphatic carboxylic acids is 1. The molecule has 0 bridgehead atoms. The summed E-state index contributed by atoms with van der Waals surface area (Å²) in [6.45, 7) is 4.22. The van der Waals surface area contributed by atoms with Crippen LogP contribution in [0.3, 0.4) is 0 Å². The van der Waals surface area contributed by atoms with Gasteiger partial charge >= 0.3 is 5.97 Å². The number of benzene rings is 1. The van der Waals surface area contributed by atoms with Crippen LogP contribution in [0.25, 0.3) is 0 Å². The summed E-state index contributed by atoms with van der Waals surface area (Å²) < 4.78 is 32.0. The van der Waals surface area contributed by atoms with Gasteiger partial charge in [0.1, 0.15) is 12.6 Å². The second kappa shape index (κ2) is 18.7. The Labute approximate surface area is 248 Å². The number of hydrogen-bond acceptors (Lipinski definition) is 11. The van der Waals surface area contributed by atoms with E-state index in [2.05, 4.69) is 17.2 Å². The summed E-state index contributed by atoms with van der Waals surface area (Å²) >= 11 is 0. The standard InChI is InChI=1S/C29H36N2O12/c32-25-6-5-24(27(35)30-25)31-28(36)22-4-3-21(20-23(22)29(31)37)2-1-8-38-10-12-40-14-16-42-18-19-43-17-15-41-13-11-39-9-7-26(33)34/h3-4,20,24H,5-19H2,(H,33,34)(H,30,32,35). The maximum atomic E-state index is 12.9. The highest BCUT2D eigenvalue weighted by Gasteiger charge is 2.44. The Morgan fingerprint density at radius 1 is 0.791 bits per heavy atom. The maximum absolute atomic E-state index is 12.9. The van der Waals surface area contributed by atoms with Gasteiger partial charge in [-0.05, 0) is 24.6 Å². The fourth-order valence-electron chi connectivity index (χ4n) is 4.07. The zero-order valence-electron chi connectivity index (χ0n) is 23.8. The van der Waals surface area contributed by atoms with Crippen molar-refractivity contribution >= 4 is 29.6 Å². The second-order valence-corrected chi connectivity index (χ2v) is 9.27. The third-order valence-electron chi connectivity index (χ3n) is 6.17. The van der Waals surface area contributed by atoms with Crippen LogP contribution < -0.4 is 5.32 Å². The summed E-state index contributed by atoms with van der Waals surface area (Å²) in [6.07, 6.45) is 0.137. The molecule has 0 spiro atoms. The van der Waals surface area contributed by atoms with Crippen LogP contribution in [0.4, 0.5) is 0 Å². The number of ether oxygens (including phenoxy) is 6. The number of fused-ring (bicyclic) bond motifs is 1. The van der Waals surface area contributed by atoms with Gasteiger partial charge in [0.15, 0.2) is 0 Å². The average Bonchev–Trinajstić information content (AvgIpc) is 3.22.